The maximum absolute atomic E-state index is 13.0. The van der Waals surface area contributed by atoms with Gasteiger partial charge in [0.2, 0.25) is 6.10 Å². The SMILES string of the molecule is Cc1ccc(NC(=O)[C@H](OC(=O)c2ccc(C#N)cc2)c2ccccc2)c([N+](=O)[O-])c1. The number of hydrogen-bond acceptors (Lipinski definition) is 6. The number of anilines is 1. The molecule has 0 saturated heterocycles. The first-order valence-electron chi connectivity index (χ1n) is 9.21. The van der Waals surface area contributed by atoms with Crippen molar-refractivity contribution in [2.75, 3.05) is 5.32 Å². The molecule has 0 saturated carbocycles. The van der Waals surface area contributed by atoms with Crippen molar-refractivity contribution in [3.8, 4) is 6.07 Å². The van der Waals surface area contributed by atoms with Crippen LogP contribution < -0.4 is 5.32 Å². The number of aryl methyl sites for hydroxylation is 1. The largest absolute Gasteiger partial charge is 0.444 e. The van der Waals surface area contributed by atoms with Crippen molar-refractivity contribution in [3.63, 3.8) is 0 Å². The van der Waals surface area contributed by atoms with Gasteiger partial charge in [0.25, 0.3) is 11.6 Å². The molecular formula is C23H17N3O5. The number of ether oxygens (including phenoxy) is 1. The molecule has 3 aromatic rings. The lowest BCUT2D eigenvalue weighted by Gasteiger charge is -2.18. The van der Waals surface area contributed by atoms with Crippen LogP contribution in [0.3, 0.4) is 0 Å². The molecule has 0 radical (unpaired) electrons. The summed E-state index contributed by atoms with van der Waals surface area (Å²) in [7, 11) is 0. The van der Waals surface area contributed by atoms with E-state index in [1.165, 1.54) is 36.4 Å². The fraction of sp³-hybridized carbons (Fsp3) is 0.0870. The zero-order valence-corrected chi connectivity index (χ0v) is 16.4. The number of carbonyl (C=O) groups is 2. The molecule has 1 N–H and O–H groups in total. The van der Waals surface area contributed by atoms with E-state index < -0.39 is 22.9 Å². The fourth-order valence-corrected chi connectivity index (χ4v) is 2.85. The number of nitro groups is 1. The van der Waals surface area contributed by atoms with Crippen molar-refractivity contribution in [3.05, 3.63) is 105 Å². The van der Waals surface area contributed by atoms with Crippen LogP contribution in [-0.4, -0.2) is 16.8 Å². The molecule has 0 aromatic heterocycles. The molecular weight excluding hydrogens is 398 g/mol. The number of nitriles is 1. The molecule has 0 aliphatic heterocycles. The van der Waals surface area contributed by atoms with Crippen LogP contribution in [0.15, 0.2) is 72.8 Å². The highest BCUT2D eigenvalue weighted by atomic mass is 16.6. The van der Waals surface area contributed by atoms with Crippen molar-refractivity contribution >= 4 is 23.3 Å². The first-order chi connectivity index (χ1) is 14.9. The maximum atomic E-state index is 13.0. The number of hydrogen-bond donors (Lipinski definition) is 1. The summed E-state index contributed by atoms with van der Waals surface area (Å²) in [5, 5.41) is 22.7. The Morgan fingerprint density at radius 1 is 1.06 bits per heavy atom. The van der Waals surface area contributed by atoms with Gasteiger partial charge in [0.15, 0.2) is 0 Å². The summed E-state index contributed by atoms with van der Waals surface area (Å²) in [6, 6.07) is 20.4. The van der Waals surface area contributed by atoms with Gasteiger partial charge in [-0.05, 0) is 42.8 Å². The third-order valence-corrected chi connectivity index (χ3v) is 4.42. The molecule has 31 heavy (non-hydrogen) atoms. The minimum absolute atomic E-state index is 0.00375. The van der Waals surface area contributed by atoms with E-state index in [9.17, 15) is 19.7 Å². The number of carbonyl (C=O) groups excluding carboxylic acids is 2. The summed E-state index contributed by atoms with van der Waals surface area (Å²) >= 11 is 0. The summed E-state index contributed by atoms with van der Waals surface area (Å²) in [6.07, 6.45) is -1.34. The van der Waals surface area contributed by atoms with E-state index in [2.05, 4.69) is 5.32 Å². The number of benzene rings is 3. The lowest BCUT2D eigenvalue weighted by Crippen LogP contribution is -2.26. The van der Waals surface area contributed by atoms with Gasteiger partial charge in [-0.3, -0.25) is 14.9 Å². The van der Waals surface area contributed by atoms with Gasteiger partial charge in [0.1, 0.15) is 5.69 Å². The van der Waals surface area contributed by atoms with Gasteiger partial charge in [-0.2, -0.15) is 5.26 Å². The molecule has 0 spiro atoms. The maximum Gasteiger partial charge on any atom is 0.339 e. The number of nitro benzene ring substituents is 1. The smallest absolute Gasteiger partial charge is 0.339 e. The summed E-state index contributed by atoms with van der Waals surface area (Å²) in [6.45, 7) is 1.70. The Kier molecular flexibility index (Phi) is 6.38. The van der Waals surface area contributed by atoms with Gasteiger partial charge < -0.3 is 10.1 Å². The van der Waals surface area contributed by atoms with Crippen LogP contribution in [-0.2, 0) is 9.53 Å². The first kappa shape index (κ1) is 21.2. The third-order valence-electron chi connectivity index (χ3n) is 4.42. The molecule has 3 rings (SSSR count). The van der Waals surface area contributed by atoms with E-state index in [-0.39, 0.29) is 16.9 Å². The zero-order chi connectivity index (χ0) is 22.4. The average Bonchev–Trinajstić information content (AvgIpc) is 2.78. The number of nitrogens with one attached hydrogen (secondary N) is 1. The van der Waals surface area contributed by atoms with Crippen molar-refractivity contribution in [2.24, 2.45) is 0 Å². The summed E-state index contributed by atoms with van der Waals surface area (Å²) in [4.78, 5) is 36.4. The highest BCUT2D eigenvalue weighted by Crippen LogP contribution is 2.28. The van der Waals surface area contributed by atoms with E-state index in [1.54, 1.807) is 43.3 Å². The molecule has 3 aromatic carbocycles. The number of amides is 1. The molecule has 0 bridgehead atoms. The second-order valence-corrected chi connectivity index (χ2v) is 6.65. The van der Waals surface area contributed by atoms with E-state index in [0.29, 0.717) is 16.7 Å². The molecule has 8 nitrogen and oxygen atoms in total. The monoisotopic (exact) mass is 415 g/mol. The predicted molar refractivity (Wildman–Crippen MR) is 112 cm³/mol. The first-order valence-corrected chi connectivity index (χ1v) is 9.21. The summed E-state index contributed by atoms with van der Waals surface area (Å²) in [5.41, 5.74) is 1.33. The number of rotatable bonds is 6. The molecule has 0 heterocycles. The minimum Gasteiger partial charge on any atom is -0.444 e. The normalized spacial score (nSPS) is 11.1. The molecule has 0 aliphatic rings. The molecule has 154 valence electrons. The Hall–Kier alpha value is -4.51. The Morgan fingerprint density at radius 2 is 1.74 bits per heavy atom. The topological polar surface area (TPSA) is 122 Å². The summed E-state index contributed by atoms with van der Waals surface area (Å²) in [5.74, 6) is -1.51. The lowest BCUT2D eigenvalue weighted by atomic mass is 10.1. The Labute approximate surface area is 177 Å². The third kappa shape index (κ3) is 5.10. The van der Waals surface area contributed by atoms with Crippen LogP contribution in [0.1, 0.15) is 33.2 Å². The van der Waals surface area contributed by atoms with Crippen molar-refractivity contribution in [1.29, 1.82) is 5.26 Å². The van der Waals surface area contributed by atoms with Crippen LogP contribution in [0.4, 0.5) is 11.4 Å². The van der Waals surface area contributed by atoms with Crippen LogP contribution in [0.25, 0.3) is 0 Å². The van der Waals surface area contributed by atoms with Crippen molar-refractivity contribution < 1.29 is 19.2 Å². The second-order valence-electron chi connectivity index (χ2n) is 6.65. The zero-order valence-electron chi connectivity index (χ0n) is 16.4. The van der Waals surface area contributed by atoms with Gasteiger partial charge in [-0.15, -0.1) is 0 Å². The van der Waals surface area contributed by atoms with Gasteiger partial charge in [-0.1, -0.05) is 36.4 Å². The second kappa shape index (κ2) is 9.33. The lowest BCUT2D eigenvalue weighted by molar-refractivity contribution is -0.384. The summed E-state index contributed by atoms with van der Waals surface area (Å²) < 4.78 is 5.45. The van der Waals surface area contributed by atoms with Gasteiger partial charge >= 0.3 is 5.97 Å². The molecule has 8 heteroatoms. The molecule has 1 amide bonds. The van der Waals surface area contributed by atoms with Crippen LogP contribution >= 0.6 is 0 Å². The Balaban J connectivity index is 1.89. The van der Waals surface area contributed by atoms with E-state index >= 15 is 0 Å². The van der Waals surface area contributed by atoms with Crippen molar-refractivity contribution in [2.45, 2.75) is 13.0 Å². The van der Waals surface area contributed by atoms with E-state index in [0.717, 1.165) is 0 Å². The van der Waals surface area contributed by atoms with Crippen LogP contribution in [0.2, 0.25) is 0 Å². The minimum atomic E-state index is -1.34. The van der Waals surface area contributed by atoms with Crippen LogP contribution in [0.5, 0.6) is 0 Å². The Bertz CT molecular complexity index is 1170. The van der Waals surface area contributed by atoms with Crippen LogP contribution in [0, 0.1) is 28.4 Å². The number of esters is 1. The average molecular weight is 415 g/mol. The predicted octanol–water partition coefficient (Wildman–Crippen LogP) is 4.31. The number of nitrogens with zero attached hydrogens (tertiary/aromatic N) is 2. The molecule has 1 atom stereocenters. The quantitative estimate of drug-likeness (QED) is 0.364. The fourth-order valence-electron chi connectivity index (χ4n) is 2.85. The highest BCUT2D eigenvalue weighted by Gasteiger charge is 2.27. The standard InChI is InChI=1S/C23H17N3O5/c1-15-7-12-19(20(13-15)26(29)30)25-22(27)21(17-5-3-2-4-6-17)31-23(28)18-10-8-16(14-24)9-11-18/h2-13,21H,1H3,(H,25,27)/t21-/m1/s1. The Morgan fingerprint density at radius 3 is 2.35 bits per heavy atom. The highest BCUT2D eigenvalue weighted by molar-refractivity contribution is 5.99. The molecule has 0 aliphatic carbocycles. The molecule has 0 unspecified atom stereocenters. The van der Waals surface area contributed by atoms with Gasteiger partial charge in [0.05, 0.1) is 22.1 Å². The van der Waals surface area contributed by atoms with Gasteiger partial charge in [0, 0.05) is 11.6 Å². The molecule has 0 fully saturated rings. The van der Waals surface area contributed by atoms with E-state index in [4.69, 9.17) is 10.00 Å². The van der Waals surface area contributed by atoms with Gasteiger partial charge in [-0.25, -0.2) is 4.79 Å². The van der Waals surface area contributed by atoms with E-state index in [1.807, 2.05) is 6.07 Å². The van der Waals surface area contributed by atoms with Crippen molar-refractivity contribution in [1.82, 2.24) is 0 Å².